The molecule has 2 heterocycles. The number of aromatic nitrogens is 1. The molecule has 0 saturated heterocycles. The molecule has 0 atom stereocenters. The number of amides is 2. The van der Waals surface area contributed by atoms with E-state index in [-0.39, 0.29) is 18.9 Å². The second-order valence-electron chi connectivity index (χ2n) is 3.92. The van der Waals surface area contributed by atoms with Crippen LogP contribution in [0, 0.1) is 0 Å². The molecule has 0 bridgehead atoms. The number of carbonyl (C=O) groups is 3. The lowest BCUT2D eigenvalue weighted by Crippen LogP contribution is -2.32. The minimum absolute atomic E-state index is 0.176. The highest BCUT2D eigenvalue weighted by Crippen LogP contribution is 2.15. The molecule has 2 rings (SSSR count). The summed E-state index contributed by atoms with van der Waals surface area (Å²) in [5, 5.41) is 17.3. The smallest absolute Gasteiger partial charge is 0.309 e. The van der Waals surface area contributed by atoms with Gasteiger partial charge in [-0.3, -0.25) is 14.4 Å². The summed E-state index contributed by atoms with van der Waals surface area (Å²) in [7, 11) is 0. The summed E-state index contributed by atoms with van der Waals surface area (Å²) in [4.78, 5) is 38.3. The maximum atomic E-state index is 11.6. The van der Waals surface area contributed by atoms with E-state index < -0.39 is 11.9 Å². The molecular weight excluding hydrogens is 314 g/mol. The Hall–Kier alpha value is -2.26. The van der Waals surface area contributed by atoms with Crippen LogP contribution >= 0.6 is 22.7 Å². The highest BCUT2D eigenvalue weighted by molar-refractivity contribution is 7.14. The van der Waals surface area contributed by atoms with Crippen molar-refractivity contribution in [3.8, 4) is 0 Å². The van der Waals surface area contributed by atoms with E-state index in [1.54, 1.807) is 22.9 Å². The van der Waals surface area contributed by atoms with Crippen LogP contribution in [0.3, 0.4) is 0 Å². The molecule has 2 aromatic heterocycles. The Balaban J connectivity index is 1.80. The zero-order valence-electron chi connectivity index (χ0n) is 10.7. The molecule has 2 amide bonds. The van der Waals surface area contributed by atoms with Gasteiger partial charge < -0.3 is 15.7 Å². The minimum atomic E-state index is -0.985. The molecule has 0 radical (unpaired) electrons. The first kappa shape index (κ1) is 15.1. The Morgan fingerprint density at radius 2 is 2.10 bits per heavy atom. The van der Waals surface area contributed by atoms with Crippen LogP contribution in [-0.4, -0.2) is 34.4 Å². The van der Waals surface area contributed by atoms with Crippen molar-refractivity contribution in [2.24, 2.45) is 0 Å². The first-order valence-electron chi connectivity index (χ1n) is 5.82. The molecule has 110 valence electrons. The average Bonchev–Trinajstić information content (AvgIpc) is 3.07. The lowest BCUT2D eigenvalue weighted by atomic mass is 10.3. The fourth-order valence-electron chi connectivity index (χ4n) is 1.42. The summed E-state index contributed by atoms with van der Waals surface area (Å²) >= 11 is 2.42. The summed E-state index contributed by atoms with van der Waals surface area (Å²) in [6.07, 6.45) is -0.193. The van der Waals surface area contributed by atoms with Gasteiger partial charge in [0, 0.05) is 5.38 Å². The SMILES string of the molecule is O=C(O)Cc1csc(NC(=O)CNC(=O)c2cccs2)n1. The van der Waals surface area contributed by atoms with Gasteiger partial charge in [-0.1, -0.05) is 6.07 Å². The number of thiazole rings is 1. The highest BCUT2D eigenvalue weighted by Gasteiger charge is 2.11. The molecule has 0 aromatic carbocycles. The van der Waals surface area contributed by atoms with E-state index in [0.29, 0.717) is 15.7 Å². The first-order valence-corrected chi connectivity index (χ1v) is 7.58. The second kappa shape index (κ2) is 6.95. The summed E-state index contributed by atoms with van der Waals surface area (Å²) in [6, 6.07) is 3.41. The van der Waals surface area contributed by atoms with Gasteiger partial charge in [-0.25, -0.2) is 4.98 Å². The molecule has 0 aliphatic heterocycles. The molecule has 21 heavy (non-hydrogen) atoms. The third-order valence-corrected chi connectivity index (χ3v) is 3.96. The zero-order chi connectivity index (χ0) is 15.2. The van der Waals surface area contributed by atoms with Crippen molar-refractivity contribution in [1.82, 2.24) is 10.3 Å². The maximum absolute atomic E-state index is 11.6. The number of hydrogen-bond acceptors (Lipinski definition) is 6. The van der Waals surface area contributed by atoms with Gasteiger partial charge in [-0.15, -0.1) is 22.7 Å². The largest absolute Gasteiger partial charge is 0.481 e. The molecule has 7 nitrogen and oxygen atoms in total. The molecule has 0 fully saturated rings. The molecule has 9 heteroatoms. The van der Waals surface area contributed by atoms with Gasteiger partial charge >= 0.3 is 5.97 Å². The third-order valence-electron chi connectivity index (χ3n) is 2.28. The molecule has 3 N–H and O–H groups in total. The topological polar surface area (TPSA) is 108 Å². The van der Waals surface area contributed by atoms with Crippen LogP contribution in [0.5, 0.6) is 0 Å². The number of hydrogen-bond donors (Lipinski definition) is 3. The summed E-state index contributed by atoms with van der Waals surface area (Å²) in [6.45, 7) is -0.176. The molecule has 0 aliphatic rings. The van der Waals surface area contributed by atoms with Crippen LogP contribution in [0.25, 0.3) is 0 Å². The number of nitrogens with zero attached hydrogens (tertiary/aromatic N) is 1. The lowest BCUT2D eigenvalue weighted by Gasteiger charge is -2.03. The Labute approximate surface area is 127 Å². The fraction of sp³-hybridized carbons (Fsp3) is 0.167. The zero-order valence-corrected chi connectivity index (χ0v) is 12.3. The Bertz CT molecular complexity index is 651. The first-order chi connectivity index (χ1) is 10.0. The summed E-state index contributed by atoms with van der Waals surface area (Å²) < 4.78 is 0. The van der Waals surface area contributed by atoms with Crippen molar-refractivity contribution >= 4 is 45.6 Å². The van der Waals surface area contributed by atoms with Crippen molar-refractivity contribution in [1.29, 1.82) is 0 Å². The van der Waals surface area contributed by atoms with E-state index in [1.807, 2.05) is 0 Å². The van der Waals surface area contributed by atoms with E-state index in [4.69, 9.17) is 5.11 Å². The number of carboxylic acid groups (broad SMARTS) is 1. The summed E-state index contributed by atoms with van der Waals surface area (Å²) in [5.41, 5.74) is 0.380. The molecule has 0 saturated carbocycles. The van der Waals surface area contributed by atoms with Crippen molar-refractivity contribution in [3.63, 3.8) is 0 Å². The Morgan fingerprint density at radius 1 is 1.29 bits per heavy atom. The van der Waals surface area contributed by atoms with Crippen LogP contribution in [0.15, 0.2) is 22.9 Å². The van der Waals surface area contributed by atoms with Crippen LogP contribution in [-0.2, 0) is 16.0 Å². The van der Waals surface area contributed by atoms with Gasteiger partial charge in [-0.05, 0) is 11.4 Å². The van der Waals surface area contributed by atoms with Gasteiger partial charge in [0.15, 0.2) is 5.13 Å². The normalized spacial score (nSPS) is 10.1. The number of aliphatic carboxylic acids is 1. The standard InChI is InChI=1S/C12H11N3O4S2/c16-9(5-13-11(19)8-2-1-3-20-8)15-12-14-7(6-21-12)4-10(17)18/h1-3,6H,4-5H2,(H,13,19)(H,17,18)(H,14,15,16). The maximum Gasteiger partial charge on any atom is 0.309 e. The van der Waals surface area contributed by atoms with E-state index in [2.05, 4.69) is 15.6 Å². The molecule has 2 aromatic rings. The van der Waals surface area contributed by atoms with Crippen LogP contribution in [0.1, 0.15) is 15.4 Å². The predicted octanol–water partition coefficient (Wildman–Crippen LogP) is 1.20. The van der Waals surface area contributed by atoms with Crippen molar-refractivity contribution in [2.45, 2.75) is 6.42 Å². The number of carboxylic acids is 1. The summed E-state index contributed by atoms with van der Waals surface area (Å²) in [5.74, 6) is -1.72. The monoisotopic (exact) mass is 325 g/mol. The minimum Gasteiger partial charge on any atom is -0.481 e. The van der Waals surface area contributed by atoms with Crippen molar-refractivity contribution in [3.05, 3.63) is 33.5 Å². The molecule has 0 aliphatic carbocycles. The molecule has 0 unspecified atom stereocenters. The van der Waals surface area contributed by atoms with Gasteiger partial charge in [-0.2, -0.15) is 0 Å². The number of thiophene rings is 1. The second-order valence-corrected chi connectivity index (χ2v) is 5.73. The van der Waals surface area contributed by atoms with Crippen molar-refractivity contribution < 1.29 is 19.5 Å². The van der Waals surface area contributed by atoms with E-state index >= 15 is 0 Å². The number of anilines is 1. The van der Waals surface area contributed by atoms with E-state index in [0.717, 1.165) is 11.3 Å². The van der Waals surface area contributed by atoms with Crippen LogP contribution in [0.4, 0.5) is 5.13 Å². The predicted molar refractivity (Wildman–Crippen MR) is 78.7 cm³/mol. The average molecular weight is 325 g/mol. The Morgan fingerprint density at radius 3 is 2.76 bits per heavy atom. The van der Waals surface area contributed by atoms with Crippen LogP contribution in [0.2, 0.25) is 0 Å². The van der Waals surface area contributed by atoms with Gasteiger partial charge in [0.25, 0.3) is 5.91 Å². The highest BCUT2D eigenvalue weighted by atomic mass is 32.1. The van der Waals surface area contributed by atoms with Crippen molar-refractivity contribution in [2.75, 3.05) is 11.9 Å². The van der Waals surface area contributed by atoms with Gasteiger partial charge in [0.2, 0.25) is 5.91 Å². The molecular formula is C12H11N3O4S2. The number of rotatable bonds is 6. The number of carbonyl (C=O) groups excluding carboxylic acids is 2. The number of nitrogens with one attached hydrogen (secondary N) is 2. The fourth-order valence-corrected chi connectivity index (χ4v) is 2.79. The van der Waals surface area contributed by atoms with Gasteiger partial charge in [0.05, 0.1) is 23.5 Å². The Kier molecular flexibility index (Phi) is 5.01. The lowest BCUT2D eigenvalue weighted by molar-refractivity contribution is -0.136. The van der Waals surface area contributed by atoms with E-state index in [1.165, 1.54) is 11.3 Å². The van der Waals surface area contributed by atoms with Gasteiger partial charge in [0.1, 0.15) is 0 Å². The van der Waals surface area contributed by atoms with E-state index in [9.17, 15) is 14.4 Å². The molecule has 0 spiro atoms. The third kappa shape index (κ3) is 4.65. The van der Waals surface area contributed by atoms with Crippen LogP contribution < -0.4 is 10.6 Å². The quantitative estimate of drug-likeness (QED) is 0.739.